The predicted molar refractivity (Wildman–Crippen MR) is 95.5 cm³/mol. The van der Waals surface area contributed by atoms with Gasteiger partial charge in [0.2, 0.25) is 5.91 Å². The van der Waals surface area contributed by atoms with E-state index in [9.17, 15) is 23.5 Å². The molecule has 2 aromatic rings. The number of carbonyl (C=O) groups is 2. The van der Waals surface area contributed by atoms with E-state index in [2.05, 4.69) is 5.32 Å². The van der Waals surface area contributed by atoms with Gasteiger partial charge in [-0.15, -0.1) is 0 Å². The molecule has 0 radical (unpaired) electrons. The highest BCUT2D eigenvalue weighted by Crippen LogP contribution is 2.15. The second-order valence-corrected chi connectivity index (χ2v) is 6.03. The molecule has 1 unspecified atom stereocenters. The number of hydrogen-bond acceptors (Lipinski definition) is 3. The van der Waals surface area contributed by atoms with Crippen LogP contribution < -0.4 is 10.1 Å². The molecule has 0 aliphatic carbocycles. The Balaban J connectivity index is 1.91. The summed E-state index contributed by atoms with van der Waals surface area (Å²) >= 11 is 0. The van der Waals surface area contributed by atoms with Gasteiger partial charge in [0.1, 0.15) is 17.4 Å². The number of carboxylic acid groups (broad SMARTS) is 1. The molecular formula is C20H21F2NO4. The Morgan fingerprint density at radius 3 is 2.44 bits per heavy atom. The van der Waals surface area contributed by atoms with E-state index in [4.69, 9.17) is 4.74 Å². The average molecular weight is 377 g/mol. The van der Waals surface area contributed by atoms with E-state index in [-0.39, 0.29) is 24.9 Å². The molecule has 0 spiro atoms. The third-order valence-corrected chi connectivity index (χ3v) is 3.98. The van der Waals surface area contributed by atoms with E-state index >= 15 is 0 Å². The van der Waals surface area contributed by atoms with Gasteiger partial charge in [-0.2, -0.15) is 0 Å². The van der Waals surface area contributed by atoms with Crippen LogP contribution in [0.15, 0.2) is 42.5 Å². The normalized spacial score (nSPS) is 11.7. The molecule has 0 bridgehead atoms. The second kappa shape index (κ2) is 9.66. The molecule has 0 fully saturated rings. The van der Waals surface area contributed by atoms with Crippen LogP contribution in [-0.4, -0.2) is 30.1 Å². The Hall–Kier alpha value is -2.96. The first-order chi connectivity index (χ1) is 12.9. The summed E-state index contributed by atoms with van der Waals surface area (Å²) in [6.45, 7) is 2.32. The fourth-order valence-electron chi connectivity index (χ4n) is 2.56. The van der Waals surface area contributed by atoms with Crippen molar-refractivity contribution in [1.82, 2.24) is 5.32 Å². The van der Waals surface area contributed by atoms with Crippen LogP contribution in [0.2, 0.25) is 0 Å². The number of nitrogens with one attached hydrogen (secondary N) is 1. The molecule has 0 aliphatic heterocycles. The minimum Gasteiger partial charge on any atom is -0.494 e. The van der Waals surface area contributed by atoms with Gasteiger partial charge in [-0.25, -0.2) is 8.78 Å². The van der Waals surface area contributed by atoms with Crippen LogP contribution in [0, 0.1) is 17.6 Å². The van der Waals surface area contributed by atoms with E-state index in [0.29, 0.717) is 18.4 Å². The highest BCUT2D eigenvalue weighted by molar-refractivity contribution is 5.79. The third-order valence-electron chi connectivity index (χ3n) is 3.98. The highest BCUT2D eigenvalue weighted by atomic mass is 19.1. The maximum Gasteiger partial charge on any atom is 0.308 e. The summed E-state index contributed by atoms with van der Waals surface area (Å²) in [7, 11) is 0. The molecule has 2 rings (SSSR count). The number of carbonyl (C=O) groups excluding carboxylic acids is 1. The zero-order chi connectivity index (χ0) is 19.8. The van der Waals surface area contributed by atoms with Crippen molar-refractivity contribution in [3.05, 3.63) is 65.2 Å². The molecule has 0 aliphatic rings. The first kappa shape index (κ1) is 20.4. The van der Waals surface area contributed by atoms with E-state index in [1.807, 2.05) is 6.92 Å². The quantitative estimate of drug-likeness (QED) is 0.705. The van der Waals surface area contributed by atoms with Crippen LogP contribution in [0.25, 0.3) is 0 Å². The van der Waals surface area contributed by atoms with E-state index in [1.165, 1.54) is 6.07 Å². The first-order valence-corrected chi connectivity index (χ1v) is 8.54. The number of hydrogen-bond donors (Lipinski definition) is 2. The van der Waals surface area contributed by atoms with Gasteiger partial charge in [0.25, 0.3) is 0 Å². The molecule has 27 heavy (non-hydrogen) atoms. The first-order valence-electron chi connectivity index (χ1n) is 8.54. The maximum atomic E-state index is 13.6. The summed E-state index contributed by atoms with van der Waals surface area (Å²) in [5.41, 5.74) is 0.844. The Kier molecular flexibility index (Phi) is 7.28. The van der Waals surface area contributed by atoms with Gasteiger partial charge in [-0.1, -0.05) is 18.2 Å². The molecule has 144 valence electrons. The molecule has 0 saturated carbocycles. The second-order valence-electron chi connectivity index (χ2n) is 6.03. The Bertz CT molecular complexity index is 793. The number of amides is 1. The lowest BCUT2D eigenvalue weighted by molar-refractivity contribution is -0.141. The van der Waals surface area contributed by atoms with Crippen molar-refractivity contribution in [3.8, 4) is 5.75 Å². The zero-order valence-corrected chi connectivity index (χ0v) is 14.9. The van der Waals surface area contributed by atoms with E-state index < -0.39 is 29.4 Å². The van der Waals surface area contributed by atoms with Crippen LogP contribution >= 0.6 is 0 Å². The van der Waals surface area contributed by atoms with Gasteiger partial charge < -0.3 is 15.2 Å². The standard InChI is InChI=1S/C20H21F2NO4/c1-2-27-17-7-3-13(4-8-17)9-15(20(25)26)12-23-19(24)10-14-5-6-16(21)11-18(14)22/h3-8,11,15H,2,9-10,12H2,1H3,(H,23,24)(H,25,26). The predicted octanol–water partition coefficient (Wildman–Crippen LogP) is 2.97. The maximum absolute atomic E-state index is 13.6. The molecule has 2 N–H and O–H groups in total. The van der Waals surface area contributed by atoms with Crippen molar-refractivity contribution in [2.45, 2.75) is 19.8 Å². The van der Waals surface area contributed by atoms with E-state index in [1.54, 1.807) is 24.3 Å². The molecule has 1 amide bonds. The van der Waals surface area contributed by atoms with Crippen LogP contribution in [-0.2, 0) is 22.4 Å². The fraction of sp³-hybridized carbons (Fsp3) is 0.300. The van der Waals surface area contributed by atoms with Crippen molar-refractivity contribution >= 4 is 11.9 Å². The lowest BCUT2D eigenvalue weighted by atomic mass is 9.99. The van der Waals surface area contributed by atoms with Crippen LogP contribution in [0.1, 0.15) is 18.1 Å². The molecule has 5 nitrogen and oxygen atoms in total. The third kappa shape index (κ3) is 6.36. The summed E-state index contributed by atoms with van der Waals surface area (Å²) < 4.78 is 31.8. The van der Waals surface area contributed by atoms with Gasteiger partial charge in [0.05, 0.1) is 18.9 Å². The largest absolute Gasteiger partial charge is 0.494 e. The summed E-state index contributed by atoms with van der Waals surface area (Å²) in [5.74, 6) is -3.24. The van der Waals surface area contributed by atoms with Crippen molar-refractivity contribution in [2.24, 2.45) is 5.92 Å². The van der Waals surface area contributed by atoms with Crippen molar-refractivity contribution < 1.29 is 28.2 Å². The fourth-order valence-corrected chi connectivity index (χ4v) is 2.56. The van der Waals surface area contributed by atoms with Gasteiger partial charge in [0, 0.05) is 12.6 Å². The van der Waals surface area contributed by atoms with Gasteiger partial charge >= 0.3 is 5.97 Å². The van der Waals surface area contributed by atoms with Crippen molar-refractivity contribution in [3.63, 3.8) is 0 Å². The summed E-state index contributed by atoms with van der Waals surface area (Å²) in [6.07, 6.45) is -0.0611. The summed E-state index contributed by atoms with van der Waals surface area (Å²) in [5, 5.41) is 11.9. The van der Waals surface area contributed by atoms with Crippen molar-refractivity contribution in [1.29, 1.82) is 0 Å². The van der Waals surface area contributed by atoms with Crippen LogP contribution in [0.4, 0.5) is 8.78 Å². The number of ether oxygens (including phenoxy) is 1. The monoisotopic (exact) mass is 377 g/mol. The molecule has 2 aromatic carbocycles. The minimum absolute atomic E-state index is 0.0484. The summed E-state index contributed by atoms with van der Waals surface area (Å²) in [4.78, 5) is 23.4. The Morgan fingerprint density at radius 1 is 1.15 bits per heavy atom. The molecule has 0 saturated heterocycles. The molecule has 7 heteroatoms. The molecule has 1 atom stereocenters. The number of rotatable bonds is 9. The smallest absolute Gasteiger partial charge is 0.308 e. The Labute approximate surface area is 156 Å². The lowest BCUT2D eigenvalue weighted by Crippen LogP contribution is -2.35. The van der Waals surface area contributed by atoms with Crippen LogP contribution in [0.5, 0.6) is 5.75 Å². The molecule has 0 heterocycles. The topological polar surface area (TPSA) is 75.6 Å². The number of benzene rings is 2. The van der Waals surface area contributed by atoms with Crippen molar-refractivity contribution in [2.75, 3.05) is 13.2 Å². The number of aliphatic carboxylic acids is 1. The van der Waals surface area contributed by atoms with E-state index in [0.717, 1.165) is 11.6 Å². The Morgan fingerprint density at radius 2 is 1.85 bits per heavy atom. The molecular weight excluding hydrogens is 356 g/mol. The van der Waals surface area contributed by atoms with Crippen LogP contribution in [0.3, 0.4) is 0 Å². The summed E-state index contributed by atoms with van der Waals surface area (Å²) in [6, 6.07) is 10.0. The zero-order valence-electron chi connectivity index (χ0n) is 14.9. The van der Waals surface area contributed by atoms with Gasteiger partial charge in [-0.05, 0) is 42.7 Å². The molecule has 0 aromatic heterocycles. The van der Waals surface area contributed by atoms with Gasteiger partial charge in [0.15, 0.2) is 0 Å². The SMILES string of the molecule is CCOc1ccc(CC(CNC(=O)Cc2ccc(F)cc2F)C(=O)O)cc1. The lowest BCUT2D eigenvalue weighted by Gasteiger charge is -2.14. The average Bonchev–Trinajstić information content (AvgIpc) is 2.62. The number of halogens is 2. The number of carboxylic acids is 1. The van der Waals surface area contributed by atoms with Gasteiger partial charge in [-0.3, -0.25) is 9.59 Å². The minimum atomic E-state index is -1.04. The highest BCUT2D eigenvalue weighted by Gasteiger charge is 2.19.